The second-order valence-corrected chi connectivity index (χ2v) is 6.71. The summed E-state index contributed by atoms with van der Waals surface area (Å²) in [5, 5.41) is 2.30. The first kappa shape index (κ1) is 16.7. The molecule has 2 N–H and O–H groups in total. The van der Waals surface area contributed by atoms with Gasteiger partial charge in [-0.2, -0.15) is 0 Å². The molecule has 1 aromatic heterocycles. The van der Waals surface area contributed by atoms with Crippen molar-refractivity contribution >= 4 is 16.7 Å². The number of carbonyl (C=O) groups is 1. The molecule has 0 aliphatic carbocycles. The molecule has 26 heavy (non-hydrogen) atoms. The van der Waals surface area contributed by atoms with Gasteiger partial charge in [-0.3, -0.25) is 4.79 Å². The Morgan fingerprint density at radius 1 is 1.15 bits per heavy atom. The smallest absolute Gasteiger partial charge is 0.289 e. The quantitative estimate of drug-likeness (QED) is 0.765. The molecule has 0 saturated carbocycles. The first-order valence-electron chi connectivity index (χ1n) is 8.92. The summed E-state index contributed by atoms with van der Waals surface area (Å²) >= 11 is 0. The number of nitrogens with two attached hydrogens (primary N) is 1. The van der Waals surface area contributed by atoms with Crippen LogP contribution in [-0.2, 0) is 6.61 Å². The van der Waals surface area contributed by atoms with E-state index in [2.05, 4.69) is 12.1 Å². The van der Waals surface area contributed by atoms with Crippen molar-refractivity contribution in [2.45, 2.75) is 13.0 Å². The van der Waals surface area contributed by atoms with Crippen molar-refractivity contribution in [3.8, 4) is 5.75 Å². The summed E-state index contributed by atoms with van der Waals surface area (Å²) < 4.78 is 11.5. The van der Waals surface area contributed by atoms with E-state index in [0.717, 1.165) is 24.1 Å². The lowest BCUT2D eigenvalue weighted by Crippen LogP contribution is -2.29. The van der Waals surface area contributed by atoms with Crippen LogP contribution in [0.4, 0.5) is 0 Å². The molecule has 2 aromatic carbocycles. The van der Waals surface area contributed by atoms with Gasteiger partial charge in [0.15, 0.2) is 5.76 Å². The largest absolute Gasteiger partial charge is 0.486 e. The summed E-state index contributed by atoms with van der Waals surface area (Å²) in [5.74, 6) is 2.09. The maximum absolute atomic E-state index is 12.5. The highest BCUT2D eigenvalue weighted by molar-refractivity contribution is 5.91. The Bertz CT molecular complexity index is 918. The van der Waals surface area contributed by atoms with Crippen molar-refractivity contribution in [1.29, 1.82) is 0 Å². The van der Waals surface area contributed by atoms with Gasteiger partial charge in [0.25, 0.3) is 5.91 Å². The number of likely N-dealkylation sites (tertiary alicyclic amines) is 1. The van der Waals surface area contributed by atoms with Crippen molar-refractivity contribution < 1.29 is 13.9 Å². The van der Waals surface area contributed by atoms with E-state index in [4.69, 9.17) is 14.9 Å². The van der Waals surface area contributed by atoms with Gasteiger partial charge in [-0.15, -0.1) is 0 Å². The minimum Gasteiger partial charge on any atom is -0.486 e. The summed E-state index contributed by atoms with van der Waals surface area (Å²) in [6, 6.07) is 17.6. The van der Waals surface area contributed by atoms with Gasteiger partial charge in [-0.25, -0.2) is 0 Å². The van der Waals surface area contributed by atoms with Crippen LogP contribution in [-0.4, -0.2) is 30.4 Å². The Hall–Kier alpha value is -2.79. The van der Waals surface area contributed by atoms with E-state index < -0.39 is 0 Å². The minimum atomic E-state index is -0.0714. The molecule has 1 aliphatic heterocycles. The molecule has 134 valence electrons. The number of ether oxygens (including phenoxy) is 1. The molecule has 5 heteroatoms. The van der Waals surface area contributed by atoms with E-state index in [1.165, 1.54) is 5.39 Å². The van der Waals surface area contributed by atoms with Crippen molar-refractivity contribution in [3.05, 3.63) is 66.1 Å². The first-order valence-corrected chi connectivity index (χ1v) is 8.92. The van der Waals surface area contributed by atoms with Crippen LogP contribution in [0, 0.1) is 5.92 Å². The summed E-state index contributed by atoms with van der Waals surface area (Å²) in [5.41, 5.74) is 5.69. The van der Waals surface area contributed by atoms with E-state index in [1.807, 2.05) is 35.2 Å². The van der Waals surface area contributed by atoms with Gasteiger partial charge in [0.2, 0.25) is 0 Å². The summed E-state index contributed by atoms with van der Waals surface area (Å²) in [6.45, 7) is 2.35. The molecule has 0 bridgehead atoms. The lowest BCUT2D eigenvalue weighted by Gasteiger charge is -2.14. The monoisotopic (exact) mass is 350 g/mol. The molecule has 2 heterocycles. The molecule has 0 spiro atoms. The number of amides is 1. The normalized spacial score (nSPS) is 17.0. The van der Waals surface area contributed by atoms with Crippen molar-refractivity contribution in [2.75, 3.05) is 19.6 Å². The molecular formula is C21H22N2O3. The van der Waals surface area contributed by atoms with Crippen molar-refractivity contribution in [3.63, 3.8) is 0 Å². The van der Waals surface area contributed by atoms with E-state index >= 15 is 0 Å². The fourth-order valence-corrected chi connectivity index (χ4v) is 3.35. The fraction of sp³-hybridized carbons (Fsp3) is 0.286. The lowest BCUT2D eigenvalue weighted by atomic mass is 10.1. The predicted octanol–water partition coefficient (Wildman–Crippen LogP) is 3.43. The van der Waals surface area contributed by atoms with Crippen molar-refractivity contribution in [2.24, 2.45) is 11.7 Å². The fourth-order valence-electron chi connectivity index (χ4n) is 3.35. The SMILES string of the molecule is NCC1CCN(C(=O)c2ccc(COc3ccc4ccccc4c3)o2)C1. The number of fused-ring (bicyclic) bond motifs is 1. The zero-order valence-electron chi connectivity index (χ0n) is 14.6. The number of nitrogens with zero attached hydrogens (tertiary/aromatic N) is 1. The Morgan fingerprint density at radius 3 is 2.81 bits per heavy atom. The zero-order chi connectivity index (χ0) is 17.9. The first-order chi connectivity index (χ1) is 12.7. The average Bonchev–Trinajstić information content (AvgIpc) is 3.35. The molecule has 1 saturated heterocycles. The van der Waals surface area contributed by atoms with Crippen LogP contribution in [0.15, 0.2) is 59.0 Å². The number of hydrogen-bond donors (Lipinski definition) is 1. The van der Waals surface area contributed by atoms with Crippen LogP contribution in [0.2, 0.25) is 0 Å². The maximum Gasteiger partial charge on any atom is 0.289 e. The second-order valence-electron chi connectivity index (χ2n) is 6.71. The number of rotatable bonds is 5. The number of furan rings is 1. The molecule has 0 radical (unpaired) electrons. The standard InChI is InChI=1S/C21H22N2O3/c22-12-15-9-10-23(13-15)21(24)20-8-7-19(26-20)14-25-18-6-5-16-3-1-2-4-17(16)11-18/h1-8,11,15H,9-10,12-14,22H2. The predicted molar refractivity (Wildman–Crippen MR) is 100 cm³/mol. The highest BCUT2D eigenvalue weighted by atomic mass is 16.5. The van der Waals surface area contributed by atoms with E-state index in [1.54, 1.807) is 12.1 Å². The van der Waals surface area contributed by atoms with Gasteiger partial charge in [-0.1, -0.05) is 30.3 Å². The van der Waals surface area contributed by atoms with Crippen LogP contribution in [0.5, 0.6) is 5.75 Å². The van der Waals surface area contributed by atoms with Crippen LogP contribution in [0.25, 0.3) is 10.8 Å². The second kappa shape index (κ2) is 7.22. The third kappa shape index (κ3) is 3.44. The van der Waals surface area contributed by atoms with Crippen LogP contribution < -0.4 is 10.5 Å². The molecule has 4 rings (SSSR count). The van der Waals surface area contributed by atoms with Crippen LogP contribution in [0.3, 0.4) is 0 Å². The van der Waals surface area contributed by atoms with Crippen LogP contribution >= 0.6 is 0 Å². The summed E-state index contributed by atoms with van der Waals surface area (Å²) in [7, 11) is 0. The topological polar surface area (TPSA) is 68.7 Å². The number of benzene rings is 2. The molecule has 1 fully saturated rings. The molecule has 1 aliphatic rings. The number of carbonyl (C=O) groups excluding carboxylic acids is 1. The minimum absolute atomic E-state index is 0.0714. The molecule has 5 nitrogen and oxygen atoms in total. The lowest BCUT2D eigenvalue weighted by molar-refractivity contribution is 0.0752. The van der Waals surface area contributed by atoms with Gasteiger partial charge < -0.3 is 19.8 Å². The van der Waals surface area contributed by atoms with E-state index in [-0.39, 0.29) is 12.5 Å². The van der Waals surface area contributed by atoms with E-state index in [0.29, 0.717) is 30.5 Å². The third-order valence-electron chi connectivity index (χ3n) is 4.88. The van der Waals surface area contributed by atoms with Crippen LogP contribution in [0.1, 0.15) is 22.7 Å². The van der Waals surface area contributed by atoms with Gasteiger partial charge in [0.05, 0.1) is 0 Å². The highest BCUT2D eigenvalue weighted by Gasteiger charge is 2.27. The maximum atomic E-state index is 12.5. The summed E-state index contributed by atoms with van der Waals surface area (Å²) in [4.78, 5) is 14.3. The van der Waals surface area contributed by atoms with Gasteiger partial charge in [0.1, 0.15) is 18.1 Å². The Labute approximate surface area is 152 Å². The number of hydrogen-bond acceptors (Lipinski definition) is 4. The Morgan fingerprint density at radius 2 is 2.00 bits per heavy atom. The zero-order valence-corrected chi connectivity index (χ0v) is 14.6. The molecule has 1 atom stereocenters. The van der Waals surface area contributed by atoms with Gasteiger partial charge >= 0.3 is 0 Å². The Kier molecular flexibility index (Phi) is 4.63. The molecule has 1 amide bonds. The Balaban J connectivity index is 1.39. The summed E-state index contributed by atoms with van der Waals surface area (Å²) in [6.07, 6.45) is 0.959. The van der Waals surface area contributed by atoms with E-state index in [9.17, 15) is 4.79 Å². The average molecular weight is 350 g/mol. The highest BCUT2D eigenvalue weighted by Crippen LogP contribution is 2.23. The van der Waals surface area contributed by atoms with Crippen molar-refractivity contribution in [1.82, 2.24) is 4.90 Å². The van der Waals surface area contributed by atoms with Gasteiger partial charge in [-0.05, 0) is 53.9 Å². The molecule has 1 unspecified atom stereocenters. The molecule has 3 aromatic rings. The third-order valence-corrected chi connectivity index (χ3v) is 4.88. The molecular weight excluding hydrogens is 328 g/mol. The van der Waals surface area contributed by atoms with Gasteiger partial charge in [0, 0.05) is 13.1 Å².